The molecule has 0 N–H and O–H groups in total. The molecule has 0 aliphatic heterocycles. The number of benzene rings is 9. The highest BCUT2D eigenvalue weighted by molar-refractivity contribution is 6.41. The molecule has 0 amide bonds. The fraction of sp³-hybridized carbons (Fsp3) is 0. The minimum absolute atomic E-state index is 0.568. The Morgan fingerprint density at radius 3 is 1.80 bits per heavy atom. The van der Waals surface area contributed by atoms with Crippen LogP contribution in [0.25, 0.3) is 143 Å². The van der Waals surface area contributed by atoms with E-state index in [2.05, 4.69) is 148 Å². The Bertz CT molecular complexity index is 4190. The number of hydrogen-bond acceptors (Lipinski definition) is 4. The summed E-state index contributed by atoms with van der Waals surface area (Å²) in [4.78, 5) is 16.0. The smallest absolute Gasteiger partial charge is 0.238 e. The summed E-state index contributed by atoms with van der Waals surface area (Å²) in [7, 11) is 0. The maximum atomic E-state index is 6.38. The number of nitrogens with zero attached hydrogens (tertiary/aromatic N) is 5. The molecule has 0 aliphatic rings. The summed E-state index contributed by atoms with van der Waals surface area (Å²) in [6.07, 6.45) is 0. The summed E-state index contributed by atoms with van der Waals surface area (Å²) in [5.74, 6) is 1.75. The average Bonchev–Trinajstić information content (AvgIpc) is 4.02. The maximum absolute atomic E-state index is 6.38. The lowest BCUT2D eigenvalue weighted by Crippen LogP contribution is -2.06. The molecule has 0 atom stereocenters. The molecule has 0 radical (unpaired) electrons. The summed E-state index contributed by atoms with van der Waals surface area (Å²) in [6.45, 7) is 0. The van der Waals surface area contributed by atoms with Gasteiger partial charge >= 0.3 is 0 Å². The van der Waals surface area contributed by atoms with Gasteiger partial charge in [-0.2, -0.15) is 9.97 Å². The highest BCUT2D eigenvalue weighted by atomic mass is 16.3. The lowest BCUT2D eigenvalue weighted by Gasteiger charge is -2.12. The third-order valence-corrected chi connectivity index (χ3v) is 13.0. The summed E-state index contributed by atoms with van der Waals surface area (Å²) < 4.78 is 11.2. The van der Waals surface area contributed by atoms with Crippen molar-refractivity contribution in [3.8, 4) is 39.9 Å². The molecule has 0 saturated carbocycles. The highest BCUT2D eigenvalue weighted by Gasteiger charge is 2.29. The molecule has 15 rings (SSSR count). The first kappa shape index (κ1) is 30.1. The van der Waals surface area contributed by atoms with Gasteiger partial charge in [-0.05, 0) is 58.3 Å². The van der Waals surface area contributed by atoms with Gasteiger partial charge in [0.2, 0.25) is 5.95 Å². The molecule has 6 nitrogen and oxygen atoms in total. The first-order valence-electron chi connectivity index (χ1n) is 20.0. The van der Waals surface area contributed by atoms with E-state index in [1.165, 1.54) is 70.4 Å². The summed E-state index contributed by atoms with van der Waals surface area (Å²) in [6, 6.07) is 58.5. The molecule has 270 valence electrons. The van der Waals surface area contributed by atoms with Gasteiger partial charge in [0, 0.05) is 65.0 Å². The van der Waals surface area contributed by atoms with E-state index in [9.17, 15) is 0 Å². The maximum Gasteiger partial charge on any atom is 0.238 e. The van der Waals surface area contributed by atoms with Crippen molar-refractivity contribution in [3.63, 3.8) is 0 Å². The van der Waals surface area contributed by atoms with Crippen LogP contribution in [0.15, 0.2) is 168 Å². The van der Waals surface area contributed by atoms with Crippen LogP contribution in [-0.2, 0) is 0 Å². The second-order valence-electron chi connectivity index (χ2n) is 16.0. The van der Waals surface area contributed by atoms with E-state index in [1.807, 2.05) is 24.3 Å². The average molecular weight is 750 g/mol. The van der Waals surface area contributed by atoms with Crippen molar-refractivity contribution in [2.75, 3.05) is 0 Å². The topological polar surface area (TPSA) is 61.2 Å². The second-order valence-corrected chi connectivity index (χ2v) is 16.0. The van der Waals surface area contributed by atoms with E-state index >= 15 is 0 Å². The number of furan rings is 1. The predicted molar refractivity (Wildman–Crippen MR) is 241 cm³/mol. The molecule has 0 unspecified atom stereocenters. The Hall–Kier alpha value is -8.09. The number of hydrogen-bond donors (Lipinski definition) is 0. The number of para-hydroxylation sites is 2. The fourth-order valence-corrected chi connectivity index (χ4v) is 10.5. The van der Waals surface area contributed by atoms with Crippen LogP contribution in [0.1, 0.15) is 0 Å². The van der Waals surface area contributed by atoms with E-state index < -0.39 is 0 Å². The molecular formula is C53H27N5O. The molecule has 15 aromatic rings. The third-order valence-electron chi connectivity index (χ3n) is 13.0. The van der Waals surface area contributed by atoms with Crippen LogP contribution in [0.4, 0.5) is 0 Å². The van der Waals surface area contributed by atoms with E-state index in [0.717, 1.165) is 55.2 Å². The van der Waals surface area contributed by atoms with Crippen molar-refractivity contribution >= 4 is 103 Å². The van der Waals surface area contributed by atoms with Gasteiger partial charge < -0.3 is 8.82 Å². The lowest BCUT2D eigenvalue weighted by atomic mass is 9.96. The van der Waals surface area contributed by atoms with Crippen LogP contribution in [0.2, 0.25) is 0 Å². The monoisotopic (exact) mass is 749 g/mol. The van der Waals surface area contributed by atoms with Gasteiger partial charge in [-0.3, -0.25) is 4.57 Å². The quantitative estimate of drug-likeness (QED) is 0.168. The predicted octanol–water partition coefficient (Wildman–Crippen LogP) is 13.6. The van der Waals surface area contributed by atoms with E-state index in [0.29, 0.717) is 17.6 Å². The second kappa shape index (κ2) is 10.4. The van der Waals surface area contributed by atoms with Crippen molar-refractivity contribution in [1.82, 2.24) is 23.9 Å². The summed E-state index contributed by atoms with van der Waals surface area (Å²) in [5.41, 5.74) is 11.6. The zero-order chi connectivity index (χ0) is 38.1. The van der Waals surface area contributed by atoms with Crippen LogP contribution in [-0.4, -0.2) is 23.9 Å². The number of aromatic nitrogens is 5. The van der Waals surface area contributed by atoms with Crippen LogP contribution >= 0.6 is 0 Å². The van der Waals surface area contributed by atoms with Gasteiger partial charge in [-0.15, -0.1) is 0 Å². The zero-order valence-electron chi connectivity index (χ0n) is 31.2. The third kappa shape index (κ3) is 3.70. The van der Waals surface area contributed by atoms with Crippen molar-refractivity contribution in [2.24, 2.45) is 0 Å². The molecule has 0 saturated heterocycles. The van der Waals surface area contributed by atoms with E-state index in [4.69, 9.17) is 19.4 Å². The van der Waals surface area contributed by atoms with Gasteiger partial charge in [0.15, 0.2) is 11.6 Å². The van der Waals surface area contributed by atoms with Gasteiger partial charge in [0.25, 0.3) is 0 Å². The first-order chi connectivity index (χ1) is 29.2. The molecule has 6 aromatic heterocycles. The molecule has 0 aliphatic carbocycles. The molecule has 6 heteroatoms. The Kier molecular flexibility index (Phi) is 5.33. The highest BCUT2D eigenvalue weighted by Crippen LogP contribution is 2.51. The van der Waals surface area contributed by atoms with E-state index in [1.54, 1.807) is 0 Å². The van der Waals surface area contributed by atoms with Gasteiger partial charge in [-0.25, -0.2) is 4.98 Å². The van der Waals surface area contributed by atoms with Crippen molar-refractivity contribution < 1.29 is 4.42 Å². The Balaban J connectivity index is 1.08. The molecule has 59 heavy (non-hydrogen) atoms. The van der Waals surface area contributed by atoms with Crippen molar-refractivity contribution in [3.05, 3.63) is 164 Å². The molecule has 0 fully saturated rings. The molecule has 0 spiro atoms. The molecule has 6 heterocycles. The summed E-state index contributed by atoms with van der Waals surface area (Å²) in [5, 5.41) is 14.8. The standard InChI is InChI=1S/C53H27N5O/c1-2-8-28(9-3-1)31-10-6-11-32(26-31)51-54-52(33-19-21-35-34-12-4-5-15-42(34)59-43(35)27-33)56-53(55-51)57-40-24-20-29-16-17-30-18-22-38-36-13-7-14-37-39-23-25-41(57)47-46(40)44(29)45(30)49(38)58(48(36)37)50(39)47/h1-27H. The normalized spacial score (nSPS) is 12.7. The van der Waals surface area contributed by atoms with Gasteiger partial charge in [0.1, 0.15) is 11.2 Å². The van der Waals surface area contributed by atoms with Crippen LogP contribution in [0, 0.1) is 0 Å². The zero-order valence-corrected chi connectivity index (χ0v) is 31.2. The van der Waals surface area contributed by atoms with Crippen LogP contribution < -0.4 is 0 Å². The Labute approximate surface area is 334 Å². The van der Waals surface area contributed by atoms with Crippen LogP contribution in [0.3, 0.4) is 0 Å². The van der Waals surface area contributed by atoms with Crippen molar-refractivity contribution in [2.45, 2.75) is 0 Å². The van der Waals surface area contributed by atoms with Gasteiger partial charge in [-0.1, -0.05) is 127 Å². The molecule has 0 bridgehead atoms. The van der Waals surface area contributed by atoms with Crippen molar-refractivity contribution in [1.29, 1.82) is 0 Å². The Morgan fingerprint density at radius 2 is 0.932 bits per heavy atom. The van der Waals surface area contributed by atoms with E-state index in [-0.39, 0.29) is 0 Å². The number of rotatable bonds is 4. The van der Waals surface area contributed by atoms with Gasteiger partial charge in [0.05, 0.1) is 27.6 Å². The molecule has 9 aromatic carbocycles. The fourth-order valence-electron chi connectivity index (χ4n) is 10.5. The molecular weight excluding hydrogens is 723 g/mol. The van der Waals surface area contributed by atoms with Crippen LogP contribution in [0.5, 0.6) is 0 Å². The summed E-state index contributed by atoms with van der Waals surface area (Å²) >= 11 is 0. The first-order valence-corrected chi connectivity index (χ1v) is 20.0. The minimum atomic E-state index is 0.568. The lowest BCUT2D eigenvalue weighted by molar-refractivity contribution is 0.669. The number of fused-ring (bicyclic) bond motifs is 5. The SMILES string of the molecule is c1ccc(-c2cccc(-c3nc(-c4ccc5c(c4)oc4ccccc45)nc(-n4c5ccc6ccc7ccc8c9cccc%10c%11ccc4c4c5c6c7c8n(c9%10)c%114)n3)c2)cc1. The Morgan fingerprint density at radius 1 is 0.356 bits per heavy atom. The largest absolute Gasteiger partial charge is 0.456 e. The minimum Gasteiger partial charge on any atom is -0.456 e.